The van der Waals surface area contributed by atoms with E-state index in [1.54, 1.807) is 82.2 Å². The Labute approximate surface area is 245 Å². The van der Waals surface area contributed by atoms with E-state index in [0.717, 1.165) is 42.7 Å². The van der Waals surface area contributed by atoms with Crippen LogP contribution in [0.2, 0.25) is 0 Å². The zero-order valence-corrected chi connectivity index (χ0v) is 24.8. The van der Waals surface area contributed by atoms with Gasteiger partial charge in [0, 0.05) is 13.1 Å². The Morgan fingerprint density at radius 1 is 0.537 bits per heavy atom. The fraction of sp³-hybridized carbons (Fsp3) is 0.103. The van der Waals surface area contributed by atoms with E-state index in [2.05, 4.69) is 19.4 Å². The van der Waals surface area contributed by atoms with Crippen LogP contribution in [0.1, 0.15) is 22.3 Å². The number of nitrogens with zero attached hydrogens (tertiary/aromatic N) is 2. The molecular weight excluding hydrogens is 597 g/mol. The Kier molecular flexibility index (Phi) is 7.68. The molecule has 0 bridgehead atoms. The van der Waals surface area contributed by atoms with E-state index < -0.39 is 20.0 Å². The van der Waals surface area contributed by atoms with Crippen molar-refractivity contribution >= 4 is 63.2 Å². The van der Waals surface area contributed by atoms with Crippen LogP contribution >= 0.6 is 22.7 Å². The number of hydrogen-bond acceptors (Lipinski definition) is 8. The molecule has 0 fully saturated rings. The first-order valence-electron chi connectivity index (χ1n) is 12.6. The summed E-state index contributed by atoms with van der Waals surface area (Å²) in [7, 11) is -7.38. The molecule has 8 nitrogen and oxygen atoms in total. The van der Waals surface area contributed by atoms with Gasteiger partial charge in [-0.25, -0.2) is 36.2 Å². The molecule has 0 saturated carbocycles. The molecule has 0 atom stereocenters. The van der Waals surface area contributed by atoms with Gasteiger partial charge in [0.15, 0.2) is 0 Å². The number of rotatable bonds is 10. The van der Waals surface area contributed by atoms with Crippen molar-refractivity contribution in [2.45, 2.75) is 29.3 Å². The van der Waals surface area contributed by atoms with E-state index in [4.69, 9.17) is 0 Å². The van der Waals surface area contributed by atoms with Crippen molar-refractivity contribution in [3.63, 3.8) is 0 Å². The normalized spacial score (nSPS) is 12.3. The molecule has 12 heteroatoms. The smallest absolute Gasteiger partial charge is 0.240 e. The van der Waals surface area contributed by atoms with Crippen molar-refractivity contribution in [2.24, 2.45) is 0 Å². The van der Waals surface area contributed by atoms with Gasteiger partial charge in [0.25, 0.3) is 0 Å². The lowest BCUT2D eigenvalue weighted by molar-refractivity contribution is 0.579. The minimum absolute atomic E-state index is 0.169. The van der Waals surface area contributed by atoms with Gasteiger partial charge in [-0.1, -0.05) is 36.4 Å². The lowest BCUT2D eigenvalue weighted by atomic mass is 10.1. The van der Waals surface area contributed by atoms with Crippen LogP contribution in [0.25, 0.3) is 20.4 Å². The molecule has 2 aromatic heterocycles. The number of sulfonamides is 2. The highest BCUT2D eigenvalue weighted by atomic mass is 32.2. The van der Waals surface area contributed by atoms with E-state index >= 15 is 0 Å². The van der Waals surface area contributed by atoms with Gasteiger partial charge >= 0.3 is 0 Å². The quantitative estimate of drug-likeness (QED) is 0.210. The molecule has 2 heterocycles. The maximum Gasteiger partial charge on any atom is 0.240 e. The van der Waals surface area contributed by atoms with Crippen molar-refractivity contribution in [3.05, 3.63) is 118 Å². The molecule has 0 aliphatic carbocycles. The van der Waals surface area contributed by atoms with Crippen molar-refractivity contribution in [3.8, 4) is 0 Å². The molecule has 0 amide bonds. The maximum absolute atomic E-state index is 12.8. The van der Waals surface area contributed by atoms with Crippen LogP contribution in [0.5, 0.6) is 0 Å². The Bertz CT molecular complexity index is 1900. The summed E-state index contributed by atoms with van der Waals surface area (Å²) in [5.41, 5.74) is 8.71. The molecule has 208 valence electrons. The van der Waals surface area contributed by atoms with E-state index in [1.807, 2.05) is 36.4 Å². The topological polar surface area (TPSA) is 118 Å². The third-order valence-corrected chi connectivity index (χ3v) is 11.1. The number of aromatic nitrogens is 2. The molecule has 6 rings (SSSR count). The van der Waals surface area contributed by atoms with E-state index in [-0.39, 0.29) is 22.9 Å². The molecule has 0 aliphatic heterocycles. The second kappa shape index (κ2) is 11.4. The predicted molar refractivity (Wildman–Crippen MR) is 163 cm³/mol. The summed E-state index contributed by atoms with van der Waals surface area (Å²) in [6.07, 6.45) is 0.531. The number of thiazole rings is 2. The van der Waals surface area contributed by atoms with Crippen molar-refractivity contribution < 1.29 is 16.8 Å². The zero-order valence-electron chi connectivity index (χ0n) is 21.5. The van der Waals surface area contributed by atoms with Crippen molar-refractivity contribution in [2.75, 3.05) is 0 Å². The Morgan fingerprint density at radius 2 is 0.927 bits per heavy atom. The molecule has 0 spiro atoms. The van der Waals surface area contributed by atoms with Gasteiger partial charge in [0.1, 0.15) is 0 Å². The minimum atomic E-state index is -3.69. The highest BCUT2D eigenvalue weighted by Gasteiger charge is 2.16. The lowest BCUT2D eigenvalue weighted by Gasteiger charge is -2.09. The third-order valence-electron chi connectivity index (χ3n) is 6.60. The van der Waals surface area contributed by atoms with Gasteiger partial charge in [-0.3, -0.25) is 0 Å². The minimum Gasteiger partial charge on any atom is -0.245 e. The second-order valence-corrected chi connectivity index (χ2v) is 14.7. The molecule has 41 heavy (non-hydrogen) atoms. The monoisotopic (exact) mass is 620 g/mol. The van der Waals surface area contributed by atoms with Gasteiger partial charge in [-0.05, 0) is 77.2 Å². The summed E-state index contributed by atoms with van der Waals surface area (Å²) in [6, 6.07) is 24.8. The Balaban J connectivity index is 1.06. The highest BCUT2D eigenvalue weighted by molar-refractivity contribution is 7.89. The molecule has 0 aliphatic rings. The fourth-order valence-electron chi connectivity index (χ4n) is 4.36. The van der Waals surface area contributed by atoms with Gasteiger partial charge in [-0.15, -0.1) is 22.7 Å². The van der Waals surface area contributed by atoms with Crippen LogP contribution in [0, 0.1) is 0 Å². The third kappa shape index (κ3) is 6.38. The van der Waals surface area contributed by atoms with Crippen molar-refractivity contribution in [1.82, 2.24) is 19.4 Å². The fourth-order valence-corrected chi connectivity index (χ4v) is 7.71. The van der Waals surface area contributed by atoms with Crippen LogP contribution < -0.4 is 9.44 Å². The van der Waals surface area contributed by atoms with Crippen LogP contribution in [0.3, 0.4) is 0 Å². The summed E-state index contributed by atoms with van der Waals surface area (Å²) in [6.45, 7) is 0.339. The first-order chi connectivity index (χ1) is 19.7. The molecule has 0 radical (unpaired) electrons. The molecule has 2 N–H and O–H groups in total. The maximum atomic E-state index is 12.8. The van der Waals surface area contributed by atoms with E-state index in [0.29, 0.717) is 6.42 Å². The molecule has 6 aromatic rings. The standard InChI is InChI=1S/C29H24N4O4S4/c34-40(35,32-16-22-5-11-28-26(14-22)30-18-38-28)24-7-1-20(2-8-24)13-21-3-9-25(10-4-21)41(36,37)33-17-23-6-12-29-27(15-23)31-19-39-29/h1-12,14-15,18-19,32-33H,13,16-17H2. The molecule has 4 aromatic carbocycles. The number of hydrogen-bond donors (Lipinski definition) is 2. The molecule has 0 unspecified atom stereocenters. The number of benzene rings is 4. The van der Waals surface area contributed by atoms with Crippen LogP contribution in [-0.4, -0.2) is 26.8 Å². The van der Waals surface area contributed by atoms with Crippen LogP contribution in [0.15, 0.2) is 106 Å². The average molecular weight is 621 g/mol. The largest absolute Gasteiger partial charge is 0.245 e. The van der Waals surface area contributed by atoms with Crippen molar-refractivity contribution in [1.29, 1.82) is 0 Å². The van der Waals surface area contributed by atoms with Crippen LogP contribution in [-0.2, 0) is 39.6 Å². The first-order valence-corrected chi connectivity index (χ1v) is 17.3. The summed E-state index contributed by atoms with van der Waals surface area (Å²) in [5.74, 6) is 0. The van der Waals surface area contributed by atoms with E-state index in [9.17, 15) is 16.8 Å². The predicted octanol–water partition coefficient (Wildman–Crippen LogP) is 5.45. The molecule has 0 saturated heterocycles. The van der Waals surface area contributed by atoms with Gasteiger partial charge < -0.3 is 0 Å². The van der Waals surface area contributed by atoms with E-state index in [1.165, 1.54) is 0 Å². The summed E-state index contributed by atoms with van der Waals surface area (Å²) < 4.78 is 58.7. The number of nitrogens with one attached hydrogen (secondary N) is 2. The zero-order chi connectivity index (χ0) is 28.5. The Morgan fingerprint density at radius 3 is 1.34 bits per heavy atom. The SMILES string of the molecule is O=S(=O)(NCc1ccc2scnc2c1)c1ccc(Cc2ccc(S(=O)(=O)NCc3ccc4scnc4c3)cc2)cc1. The summed E-state index contributed by atoms with van der Waals surface area (Å²) in [4.78, 5) is 8.91. The average Bonchev–Trinajstić information content (AvgIpc) is 3.65. The Hall–Kier alpha value is -3.52. The van der Waals surface area contributed by atoms with Gasteiger partial charge in [-0.2, -0.15) is 0 Å². The number of fused-ring (bicyclic) bond motifs is 2. The highest BCUT2D eigenvalue weighted by Crippen LogP contribution is 2.21. The van der Waals surface area contributed by atoms with Gasteiger partial charge in [0.2, 0.25) is 20.0 Å². The first kappa shape index (κ1) is 27.6. The summed E-state index contributed by atoms with van der Waals surface area (Å²) in [5, 5.41) is 0. The second-order valence-electron chi connectivity index (χ2n) is 9.42. The molecular formula is C29H24N4O4S4. The lowest BCUT2D eigenvalue weighted by Crippen LogP contribution is -2.23. The van der Waals surface area contributed by atoms with Gasteiger partial charge in [0.05, 0.1) is 41.2 Å². The van der Waals surface area contributed by atoms with Crippen LogP contribution in [0.4, 0.5) is 0 Å². The summed E-state index contributed by atoms with van der Waals surface area (Å²) >= 11 is 3.08.